The monoisotopic (exact) mass is 357 g/mol. The molecule has 1 atom stereocenters. The minimum Gasteiger partial charge on any atom is -0.497 e. The maximum Gasteiger partial charge on any atom is 0.119 e. The Kier molecular flexibility index (Phi) is 6.05. The van der Waals surface area contributed by atoms with Crippen molar-refractivity contribution in [3.05, 3.63) is 28.2 Å². The maximum absolute atomic E-state index is 5.91. The Morgan fingerprint density at radius 1 is 1.33 bits per heavy atom. The van der Waals surface area contributed by atoms with Gasteiger partial charge in [0.2, 0.25) is 0 Å². The van der Waals surface area contributed by atoms with Crippen LogP contribution in [-0.2, 0) is 15.9 Å². The van der Waals surface area contributed by atoms with Crippen molar-refractivity contribution in [3.8, 4) is 5.75 Å². The van der Waals surface area contributed by atoms with E-state index in [1.54, 1.807) is 14.2 Å². The molecule has 0 radical (unpaired) electrons. The summed E-state index contributed by atoms with van der Waals surface area (Å²) < 4.78 is 17.8. The molecule has 4 nitrogen and oxygen atoms in total. The molecule has 1 unspecified atom stereocenters. The summed E-state index contributed by atoms with van der Waals surface area (Å²) in [4.78, 5) is 0. The second kappa shape index (κ2) is 7.58. The molecule has 1 aromatic carbocycles. The van der Waals surface area contributed by atoms with Gasteiger partial charge in [-0.3, -0.25) is 0 Å². The Morgan fingerprint density at radius 2 is 2.05 bits per heavy atom. The van der Waals surface area contributed by atoms with Gasteiger partial charge in [-0.2, -0.15) is 0 Å². The molecule has 0 spiro atoms. The van der Waals surface area contributed by atoms with Gasteiger partial charge in [-0.05, 0) is 37.2 Å². The molecule has 1 fully saturated rings. The number of ether oxygens (including phenoxy) is 3. The highest BCUT2D eigenvalue weighted by Crippen LogP contribution is 2.32. The van der Waals surface area contributed by atoms with Gasteiger partial charge in [-0.15, -0.1) is 0 Å². The molecule has 0 aromatic heterocycles. The van der Waals surface area contributed by atoms with Crippen molar-refractivity contribution in [1.29, 1.82) is 0 Å². The molecule has 2 rings (SSSR count). The number of nitrogens with one attached hydrogen (secondary N) is 1. The van der Waals surface area contributed by atoms with Crippen LogP contribution in [0.1, 0.15) is 18.4 Å². The van der Waals surface area contributed by atoms with Crippen LogP contribution < -0.4 is 10.1 Å². The third-order valence-corrected chi connectivity index (χ3v) is 5.18. The number of halogens is 1. The molecule has 118 valence electrons. The zero-order chi connectivity index (χ0) is 15.3. The molecule has 0 aliphatic carbocycles. The molecule has 1 aliphatic heterocycles. The highest BCUT2D eigenvalue weighted by Gasteiger charge is 2.40. The van der Waals surface area contributed by atoms with Crippen molar-refractivity contribution in [3.63, 3.8) is 0 Å². The summed E-state index contributed by atoms with van der Waals surface area (Å²) in [6.45, 7) is 1.51. The van der Waals surface area contributed by atoms with Gasteiger partial charge in [-0.1, -0.05) is 15.9 Å². The normalized spacial score (nSPS) is 19.2. The molecule has 0 saturated carbocycles. The fourth-order valence-corrected chi connectivity index (χ4v) is 3.43. The first-order valence-electron chi connectivity index (χ1n) is 7.28. The summed E-state index contributed by atoms with van der Waals surface area (Å²) in [6, 6.07) is 6.30. The Morgan fingerprint density at radius 3 is 2.62 bits per heavy atom. The molecular formula is C16H24BrNO3. The minimum absolute atomic E-state index is 0.171. The minimum atomic E-state index is -0.171. The summed E-state index contributed by atoms with van der Waals surface area (Å²) in [6.07, 6.45) is 2.70. The Labute approximate surface area is 135 Å². The number of benzene rings is 1. The van der Waals surface area contributed by atoms with Gasteiger partial charge in [0.25, 0.3) is 0 Å². The van der Waals surface area contributed by atoms with E-state index in [9.17, 15) is 0 Å². The lowest BCUT2D eigenvalue weighted by molar-refractivity contribution is -0.109. The summed E-state index contributed by atoms with van der Waals surface area (Å²) in [5.74, 6) is 0.876. The molecule has 1 aliphatic rings. The highest BCUT2D eigenvalue weighted by atomic mass is 79.9. The first-order chi connectivity index (χ1) is 10.1. The lowest BCUT2D eigenvalue weighted by Gasteiger charge is -2.42. The molecule has 1 N–H and O–H groups in total. The molecule has 0 bridgehead atoms. The number of rotatable bonds is 6. The quantitative estimate of drug-likeness (QED) is 0.849. The van der Waals surface area contributed by atoms with Crippen LogP contribution in [0, 0.1) is 0 Å². The van der Waals surface area contributed by atoms with Crippen LogP contribution in [-0.4, -0.2) is 46.1 Å². The summed E-state index contributed by atoms with van der Waals surface area (Å²) in [7, 11) is 5.49. The zero-order valence-corrected chi connectivity index (χ0v) is 14.5. The molecule has 5 heteroatoms. The molecule has 1 heterocycles. The van der Waals surface area contributed by atoms with Crippen LogP contribution >= 0.6 is 15.9 Å². The second-order valence-electron chi connectivity index (χ2n) is 5.38. The lowest BCUT2D eigenvalue weighted by atomic mass is 9.82. The molecule has 1 aromatic rings. The van der Waals surface area contributed by atoms with Crippen molar-refractivity contribution in [2.75, 3.05) is 34.5 Å². The van der Waals surface area contributed by atoms with Gasteiger partial charge < -0.3 is 19.5 Å². The van der Waals surface area contributed by atoms with E-state index in [4.69, 9.17) is 14.2 Å². The standard InChI is InChI=1S/C16H24BrNO3/c1-18-15(16(20-3)6-8-21-9-7-16)11-12-10-13(19-2)4-5-14(12)17/h4-5,10,15,18H,6-9,11H2,1-3H3. The second-order valence-corrected chi connectivity index (χ2v) is 6.24. The Hall–Kier alpha value is -0.620. The number of likely N-dealkylation sites (N-methyl/N-ethyl adjacent to an activating group) is 1. The van der Waals surface area contributed by atoms with Gasteiger partial charge >= 0.3 is 0 Å². The topological polar surface area (TPSA) is 39.7 Å². The van der Waals surface area contributed by atoms with Crippen LogP contribution in [0.15, 0.2) is 22.7 Å². The van der Waals surface area contributed by atoms with Crippen LogP contribution in [0.25, 0.3) is 0 Å². The largest absolute Gasteiger partial charge is 0.497 e. The predicted molar refractivity (Wildman–Crippen MR) is 87.0 cm³/mol. The van der Waals surface area contributed by atoms with E-state index in [1.165, 1.54) is 5.56 Å². The van der Waals surface area contributed by atoms with E-state index >= 15 is 0 Å². The van der Waals surface area contributed by atoms with Gasteiger partial charge in [0, 0.05) is 43.7 Å². The molecule has 0 amide bonds. The van der Waals surface area contributed by atoms with Gasteiger partial charge in [0.1, 0.15) is 5.75 Å². The smallest absolute Gasteiger partial charge is 0.119 e. The summed E-state index contributed by atoms with van der Waals surface area (Å²) in [5.41, 5.74) is 1.05. The molecular weight excluding hydrogens is 334 g/mol. The van der Waals surface area contributed by atoms with E-state index in [0.717, 1.165) is 42.7 Å². The molecule has 21 heavy (non-hydrogen) atoms. The number of methoxy groups -OCH3 is 2. The Bertz CT molecular complexity index is 461. The van der Waals surface area contributed by atoms with Crippen LogP contribution in [0.2, 0.25) is 0 Å². The van der Waals surface area contributed by atoms with Crippen molar-refractivity contribution in [1.82, 2.24) is 5.32 Å². The van der Waals surface area contributed by atoms with Gasteiger partial charge in [-0.25, -0.2) is 0 Å². The lowest BCUT2D eigenvalue weighted by Crippen LogP contribution is -2.55. The van der Waals surface area contributed by atoms with Crippen molar-refractivity contribution < 1.29 is 14.2 Å². The fourth-order valence-electron chi connectivity index (χ4n) is 3.02. The van der Waals surface area contributed by atoms with Crippen LogP contribution in [0.3, 0.4) is 0 Å². The fraction of sp³-hybridized carbons (Fsp3) is 0.625. The Balaban J connectivity index is 2.21. The van der Waals surface area contributed by atoms with Crippen LogP contribution in [0.4, 0.5) is 0 Å². The van der Waals surface area contributed by atoms with Crippen molar-refractivity contribution in [2.45, 2.75) is 30.9 Å². The van der Waals surface area contributed by atoms with E-state index in [1.807, 2.05) is 19.2 Å². The number of hydrogen-bond donors (Lipinski definition) is 1. The third kappa shape index (κ3) is 3.77. The van der Waals surface area contributed by atoms with Gasteiger partial charge in [0.05, 0.1) is 12.7 Å². The third-order valence-electron chi connectivity index (χ3n) is 4.41. The first-order valence-corrected chi connectivity index (χ1v) is 8.07. The zero-order valence-electron chi connectivity index (χ0n) is 12.9. The average molecular weight is 358 g/mol. The first kappa shape index (κ1) is 16.7. The van der Waals surface area contributed by atoms with Crippen LogP contribution in [0.5, 0.6) is 5.75 Å². The van der Waals surface area contributed by atoms with Crippen molar-refractivity contribution in [2.24, 2.45) is 0 Å². The summed E-state index contributed by atoms with van der Waals surface area (Å²) in [5, 5.41) is 3.43. The average Bonchev–Trinajstić information content (AvgIpc) is 2.54. The van der Waals surface area contributed by atoms with Crippen molar-refractivity contribution >= 4 is 15.9 Å². The molecule has 1 saturated heterocycles. The van der Waals surface area contributed by atoms with Gasteiger partial charge in [0.15, 0.2) is 0 Å². The highest BCUT2D eigenvalue weighted by molar-refractivity contribution is 9.10. The van der Waals surface area contributed by atoms with E-state index in [2.05, 4.69) is 27.3 Å². The predicted octanol–water partition coefficient (Wildman–Crippen LogP) is 2.78. The van der Waals surface area contributed by atoms with E-state index in [-0.39, 0.29) is 11.6 Å². The van der Waals surface area contributed by atoms with E-state index < -0.39 is 0 Å². The SMILES string of the molecule is CNC(Cc1cc(OC)ccc1Br)C1(OC)CCOCC1. The maximum atomic E-state index is 5.91. The summed E-state index contributed by atoms with van der Waals surface area (Å²) >= 11 is 3.63. The van der Waals surface area contributed by atoms with E-state index in [0.29, 0.717) is 0 Å². The number of hydrogen-bond acceptors (Lipinski definition) is 4.